The van der Waals surface area contributed by atoms with Crippen molar-refractivity contribution < 1.29 is 42.2 Å². The molecule has 1 aromatic rings. The summed E-state index contributed by atoms with van der Waals surface area (Å²) in [7, 11) is -4.27. The molecule has 0 aromatic heterocycles. The minimum atomic E-state index is -4.27. The topological polar surface area (TPSA) is 136 Å². The number of allylic oxidation sites excluding steroid dienone is 1. The Morgan fingerprint density at radius 3 is 2.64 bits per heavy atom. The fourth-order valence-corrected chi connectivity index (χ4v) is 5.02. The summed E-state index contributed by atoms with van der Waals surface area (Å²) in [6.07, 6.45) is -2.26. The third kappa shape index (κ3) is 6.51. The predicted octanol–water partition coefficient (Wildman–Crippen LogP) is 2.99. The van der Waals surface area contributed by atoms with Crippen LogP contribution in [0.5, 0.6) is 5.75 Å². The molecular formula is C23H31FN3O8P. The number of benzene rings is 1. The Hall–Kier alpha value is -2.76. The maximum Gasteiger partial charge on any atom is 0.459 e. The number of carbonyl (C=O) groups is 2. The van der Waals surface area contributed by atoms with Gasteiger partial charge >= 0.3 is 19.7 Å². The van der Waals surface area contributed by atoms with Gasteiger partial charge in [-0.05, 0) is 45.9 Å². The number of aliphatic hydroxyl groups excluding tert-OH is 1. The lowest BCUT2D eigenvalue weighted by atomic mass is 9.98. The second kappa shape index (κ2) is 11.1. The number of halogens is 1. The zero-order chi connectivity index (χ0) is 26.7. The number of esters is 1. The van der Waals surface area contributed by atoms with Crippen LogP contribution in [0.15, 0.2) is 54.9 Å². The first-order valence-electron chi connectivity index (χ1n) is 11.3. The van der Waals surface area contributed by atoms with Gasteiger partial charge in [0.1, 0.15) is 24.0 Å². The van der Waals surface area contributed by atoms with Gasteiger partial charge in [-0.15, -0.1) is 0 Å². The Balaban J connectivity index is 1.76. The van der Waals surface area contributed by atoms with Crippen molar-refractivity contribution in [1.82, 2.24) is 15.3 Å². The molecule has 36 heavy (non-hydrogen) atoms. The minimum Gasteiger partial charge on any atom is -0.462 e. The molecule has 11 nitrogen and oxygen atoms in total. The van der Waals surface area contributed by atoms with Crippen LogP contribution in [0.4, 0.5) is 9.18 Å². The molecule has 2 aliphatic heterocycles. The Kier molecular flexibility index (Phi) is 8.58. The van der Waals surface area contributed by atoms with E-state index in [1.165, 1.54) is 31.3 Å². The van der Waals surface area contributed by atoms with Gasteiger partial charge in [0.05, 0.1) is 12.7 Å². The quantitative estimate of drug-likeness (QED) is 0.310. The summed E-state index contributed by atoms with van der Waals surface area (Å²) in [6.45, 7) is 8.83. The molecule has 6 atom stereocenters. The molecule has 3 rings (SSSR count). The molecule has 198 valence electrons. The molecule has 0 radical (unpaired) electrons. The summed E-state index contributed by atoms with van der Waals surface area (Å²) in [6, 6.07) is 6.28. The third-order valence-corrected chi connectivity index (χ3v) is 6.99. The van der Waals surface area contributed by atoms with Gasteiger partial charge in [-0.25, -0.2) is 13.8 Å². The molecule has 0 aliphatic carbocycles. The van der Waals surface area contributed by atoms with Crippen LogP contribution >= 0.6 is 7.75 Å². The van der Waals surface area contributed by atoms with Crippen molar-refractivity contribution in [3.63, 3.8) is 0 Å². The van der Waals surface area contributed by atoms with Gasteiger partial charge in [-0.3, -0.25) is 14.2 Å². The number of carbonyl (C=O) groups excluding carboxylic acids is 2. The number of aliphatic hydroxyl groups is 1. The lowest BCUT2D eigenvalue weighted by molar-refractivity contribution is -0.149. The van der Waals surface area contributed by atoms with Crippen molar-refractivity contribution >= 4 is 19.7 Å². The molecule has 0 saturated carbocycles. The summed E-state index contributed by atoms with van der Waals surface area (Å²) in [4.78, 5) is 25.5. The van der Waals surface area contributed by atoms with E-state index < -0.39 is 62.6 Å². The predicted molar refractivity (Wildman–Crippen MR) is 127 cm³/mol. The maximum absolute atomic E-state index is 15.5. The number of hydrogen-bond donors (Lipinski definition) is 3. The SMILES string of the molecule is C=C1C=CN([C@@H]2O[C@H](COP(=O)(N[C@@H](C)C(=O)OC(C)C)Oc3ccccc3)[C@@H](O)[C@@]2(C)F)C(=O)N1. The van der Waals surface area contributed by atoms with Gasteiger partial charge < -0.3 is 24.4 Å². The molecule has 1 fully saturated rings. The molecule has 2 heterocycles. The molecule has 2 aliphatic rings. The van der Waals surface area contributed by atoms with Crippen LogP contribution in [0.1, 0.15) is 27.7 Å². The molecule has 1 aromatic carbocycles. The van der Waals surface area contributed by atoms with Crippen LogP contribution < -0.4 is 14.9 Å². The van der Waals surface area contributed by atoms with Crippen LogP contribution in [-0.4, -0.2) is 64.9 Å². The van der Waals surface area contributed by atoms with E-state index in [0.29, 0.717) is 5.70 Å². The maximum atomic E-state index is 15.5. The molecule has 0 spiro atoms. The first kappa shape index (κ1) is 27.8. The van der Waals surface area contributed by atoms with E-state index in [9.17, 15) is 19.3 Å². The summed E-state index contributed by atoms with van der Waals surface area (Å²) < 4.78 is 50.9. The van der Waals surface area contributed by atoms with Crippen LogP contribution in [-0.2, 0) is 23.4 Å². The van der Waals surface area contributed by atoms with E-state index in [1.54, 1.807) is 32.0 Å². The van der Waals surface area contributed by atoms with E-state index in [1.807, 2.05) is 0 Å². The summed E-state index contributed by atoms with van der Waals surface area (Å²) in [5.74, 6) is -0.516. The van der Waals surface area contributed by atoms with Crippen molar-refractivity contribution in [2.75, 3.05) is 6.61 Å². The first-order chi connectivity index (χ1) is 16.8. The normalized spacial score (nSPS) is 28.5. The fraction of sp³-hybridized carbons (Fsp3) is 0.478. The second-order valence-electron chi connectivity index (χ2n) is 8.84. The largest absolute Gasteiger partial charge is 0.462 e. The number of urea groups is 1. The molecular weight excluding hydrogens is 496 g/mol. The monoisotopic (exact) mass is 527 g/mol. The van der Waals surface area contributed by atoms with Crippen molar-refractivity contribution in [1.29, 1.82) is 0 Å². The van der Waals surface area contributed by atoms with Crippen LogP contribution in [0.25, 0.3) is 0 Å². The van der Waals surface area contributed by atoms with E-state index >= 15 is 4.39 Å². The average molecular weight is 527 g/mol. The standard InChI is InChI=1S/C23H31FN3O8P/c1-14(2)33-20(29)16(4)26-36(31,35-17-9-7-6-8-10-17)32-13-18-19(28)23(5,24)21(34-18)27-12-11-15(3)25-22(27)30/h6-12,14,16,18-19,21,28H,3,13H2,1-2,4-5H3,(H,25,30)(H,26,31)/t16-,18+,19+,21+,23+,36?/m0/s1. The average Bonchev–Trinajstić information content (AvgIpc) is 3.01. The highest BCUT2D eigenvalue weighted by Gasteiger charge is 2.57. The van der Waals surface area contributed by atoms with Gasteiger partial charge in [-0.2, -0.15) is 5.09 Å². The second-order valence-corrected chi connectivity index (χ2v) is 10.5. The van der Waals surface area contributed by atoms with Crippen molar-refractivity contribution in [2.24, 2.45) is 0 Å². The van der Waals surface area contributed by atoms with Crippen LogP contribution in [0.2, 0.25) is 0 Å². The highest BCUT2D eigenvalue weighted by Crippen LogP contribution is 2.46. The molecule has 1 saturated heterocycles. The molecule has 2 amide bonds. The summed E-state index contributed by atoms with van der Waals surface area (Å²) in [5, 5.41) is 15.5. The number of rotatable bonds is 10. The lowest BCUT2D eigenvalue weighted by Gasteiger charge is -2.33. The van der Waals surface area contributed by atoms with Gasteiger partial charge in [0.2, 0.25) is 0 Å². The van der Waals surface area contributed by atoms with Gasteiger partial charge in [0, 0.05) is 11.9 Å². The number of amides is 2. The molecule has 3 N–H and O–H groups in total. The molecule has 1 unspecified atom stereocenters. The van der Waals surface area contributed by atoms with Crippen LogP contribution in [0, 0.1) is 0 Å². The lowest BCUT2D eigenvalue weighted by Crippen LogP contribution is -2.53. The molecule has 0 bridgehead atoms. The van der Waals surface area contributed by atoms with E-state index in [-0.39, 0.29) is 5.75 Å². The zero-order valence-electron chi connectivity index (χ0n) is 20.4. The highest BCUT2D eigenvalue weighted by molar-refractivity contribution is 7.52. The van der Waals surface area contributed by atoms with Crippen molar-refractivity contribution in [3.05, 3.63) is 54.9 Å². The number of alkyl halides is 1. The fourth-order valence-electron chi connectivity index (χ4n) is 3.52. The van der Waals surface area contributed by atoms with E-state index in [4.69, 9.17) is 18.5 Å². The smallest absolute Gasteiger partial charge is 0.459 e. The summed E-state index contributed by atoms with van der Waals surface area (Å²) >= 11 is 0. The minimum absolute atomic E-state index is 0.175. The summed E-state index contributed by atoms with van der Waals surface area (Å²) in [5.41, 5.74) is -2.09. The van der Waals surface area contributed by atoms with Crippen LogP contribution in [0.3, 0.4) is 0 Å². The number of nitrogens with zero attached hydrogens (tertiary/aromatic N) is 1. The van der Waals surface area contributed by atoms with Gasteiger partial charge in [0.25, 0.3) is 0 Å². The first-order valence-corrected chi connectivity index (χ1v) is 12.8. The van der Waals surface area contributed by atoms with Crippen molar-refractivity contribution in [2.45, 2.75) is 63.9 Å². The number of hydrogen-bond acceptors (Lipinski definition) is 8. The van der Waals surface area contributed by atoms with Crippen molar-refractivity contribution in [3.8, 4) is 5.75 Å². The Morgan fingerprint density at radius 2 is 2.03 bits per heavy atom. The zero-order valence-corrected chi connectivity index (χ0v) is 21.3. The third-order valence-electron chi connectivity index (χ3n) is 5.34. The molecule has 13 heteroatoms. The Labute approximate surface area is 208 Å². The van der Waals surface area contributed by atoms with E-state index in [0.717, 1.165) is 11.8 Å². The number of para-hydroxylation sites is 1. The van der Waals surface area contributed by atoms with E-state index in [2.05, 4.69) is 17.0 Å². The van der Waals surface area contributed by atoms with Gasteiger partial charge in [0.15, 0.2) is 11.9 Å². The number of ether oxygens (including phenoxy) is 2. The Bertz CT molecular complexity index is 1050. The number of nitrogens with one attached hydrogen (secondary N) is 2. The highest BCUT2D eigenvalue weighted by atomic mass is 31.2. The van der Waals surface area contributed by atoms with Gasteiger partial charge in [-0.1, -0.05) is 24.8 Å². The Morgan fingerprint density at radius 1 is 1.36 bits per heavy atom.